The van der Waals surface area contributed by atoms with Crippen molar-refractivity contribution in [2.45, 2.75) is 38.3 Å². The minimum Gasteiger partial charge on any atom is -0.457 e. The second-order valence-corrected chi connectivity index (χ2v) is 8.13. The first-order chi connectivity index (χ1) is 16.2. The van der Waals surface area contributed by atoms with Crippen molar-refractivity contribution in [3.05, 3.63) is 94.3 Å². The summed E-state index contributed by atoms with van der Waals surface area (Å²) in [5.41, 5.74) is 0.530. The van der Waals surface area contributed by atoms with Crippen molar-refractivity contribution in [3.8, 4) is 11.5 Å². The van der Waals surface area contributed by atoms with E-state index in [1.807, 2.05) is 19.9 Å². The van der Waals surface area contributed by atoms with Crippen LogP contribution in [0, 0.1) is 19.7 Å². The van der Waals surface area contributed by atoms with Crippen LogP contribution in [0.4, 0.5) is 30.7 Å². The van der Waals surface area contributed by atoms with Crippen molar-refractivity contribution < 1.29 is 40.6 Å². The number of hydrogen-bond acceptors (Lipinski definition) is 3. The molecule has 0 aliphatic heterocycles. The molecule has 0 radical (unpaired) electrons. The molecule has 0 heterocycles. The normalized spacial score (nSPS) is 14.0. The molecule has 188 valence electrons. The van der Waals surface area contributed by atoms with Crippen LogP contribution in [0.25, 0.3) is 0 Å². The summed E-state index contributed by atoms with van der Waals surface area (Å²) in [6, 6.07) is 11.9. The van der Waals surface area contributed by atoms with Gasteiger partial charge in [0.1, 0.15) is 17.3 Å². The van der Waals surface area contributed by atoms with Crippen LogP contribution in [0.3, 0.4) is 0 Å². The van der Waals surface area contributed by atoms with Gasteiger partial charge in [-0.25, -0.2) is 4.39 Å². The van der Waals surface area contributed by atoms with Crippen LogP contribution >= 0.6 is 0 Å². The molecule has 0 aromatic heterocycles. The molecular weight excluding hydrogens is 479 g/mol. The molecule has 0 bridgehead atoms. The van der Waals surface area contributed by atoms with Crippen molar-refractivity contribution in [1.29, 1.82) is 0 Å². The zero-order valence-electron chi connectivity index (χ0n) is 18.6. The number of rotatable bonds is 7. The highest BCUT2D eigenvalue weighted by Crippen LogP contribution is 2.34. The van der Waals surface area contributed by atoms with Crippen LogP contribution in [0.15, 0.2) is 60.7 Å². The molecule has 2 atom stereocenters. The first-order valence-electron chi connectivity index (χ1n) is 10.4. The number of aliphatic hydroxyl groups excluding tert-OH is 1. The third kappa shape index (κ3) is 6.95. The highest BCUT2D eigenvalue weighted by atomic mass is 19.4. The summed E-state index contributed by atoms with van der Waals surface area (Å²) in [6.07, 6.45) is -12.5. The molecule has 3 rings (SSSR count). The molecule has 2 N–H and O–H groups in total. The zero-order chi connectivity index (χ0) is 26.0. The van der Waals surface area contributed by atoms with E-state index in [9.17, 15) is 35.8 Å². The number of nitrogens with one attached hydrogen (secondary N) is 1. The largest absolute Gasteiger partial charge is 0.457 e. The number of alkyl halides is 6. The van der Waals surface area contributed by atoms with Crippen molar-refractivity contribution >= 4 is 0 Å². The molecule has 0 aliphatic carbocycles. The van der Waals surface area contributed by atoms with Gasteiger partial charge in [-0.1, -0.05) is 24.3 Å². The number of ether oxygens (including phenoxy) is 1. The van der Waals surface area contributed by atoms with E-state index >= 15 is 0 Å². The van der Waals surface area contributed by atoms with E-state index in [-0.39, 0.29) is 22.9 Å². The Balaban J connectivity index is 1.98. The quantitative estimate of drug-likeness (QED) is 0.348. The fraction of sp³-hybridized carbons (Fsp3) is 0.280. The Labute approximate surface area is 197 Å². The fourth-order valence-electron chi connectivity index (χ4n) is 3.58. The van der Waals surface area contributed by atoms with E-state index < -0.39 is 42.4 Å². The summed E-state index contributed by atoms with van der Waals surface area (Å²) in [5.74, 6) is -0.486. The molecule has 3 aromatic rings. The maximum Gasteiger partial charge on any atom is 0.416 e. The Morgan fingerprint density at radius 3 is 2.09 bits per heavy atom. The average Bonchev–Trinajstić information content (AvgIpc) is 2.72. The summed E-state index contributed by atoms with van der Waals surface area (Å²) >= 11 is 0. The number of aliphatic hydroxyl groups is 1. The Morgan fingerprint density at radius 1 is 0.857 bits per heavy atom. The lowest BCUT2D eigenvalue weighted by atomic mass is 9.96. The van der Waals surface area contributed by atoms with Crippen LogP contribution in [-0.4, -0.2) is 23.9 Å². The molecule has 3 nitrogen and oxygen atoms in total. The van der Waals surface area contributed by atoms with Gasteiger partial charge in [-0.2, -0.15) is 26.3 Å². The zero-order valence-corrected chi connectivity index (χ0v) is 18.6. The first kappa shape index (κ1) is 26.5. The van der Waals surface area contributed by atoms with Gasteiger partial charge in [0.25, 0.3) is 0 Å². The molecular formula is C25H22F7NO2. The maximum absolute atomic E-state index is 14.8. The molecule has 3 aromatic carbocycles. The fourth-order valence-corrected chi connectivity index (χ4v) is 3.58. The second kappa shape index (κ2) is 10.2. The standard InChI is InChI=1S/C25H22F7NO2/c1-14-8-15(2)10-19(9-14)35-18-5-3-4-16(11-18)23(33-13-22(34)25(30,31)32)20-7-6-17(12-21(20)26)24(27,28)29/h3-12,22-23,33-34H,13H2,1-2H3. The molecule has 0 spiro atoms. The van der Waals surface area contributed by atoms with Gasteiger partial charge in [-0.15, -0.1) is 0 Å². The minimum absolute atomic E-state index is 0.222. The third-order valence-corrected chi connectivity index (χ3v) is 5.15. The Kier molecular flexibility index (Phi) is 7.76. The van der Waals surface area contributed by atoms with Gasteiger partial charge in [0.2, 0.25) is 0 Å². The summed E-state index contributed by atoms with van der Waals surface area (Å²) in [4.78, 5) is 0. The maximum atomic E-state index is 14.8. The summed E-state index contributed by atoms with van der Waals surface area (Å²) in [6.45, 7) is 2.72. The predicted molar refractivity (Wildman–Crippen MR) is 116 cm³/mol. The number of aryl methyl sites for hydroxylation is 2. The Bertz CT molecular complexity index is 1150. The molecule has 0 fully saturated rings. The summed E-state index contributed by atoms with van der Waals surface area (Å²) < 4.78 is 98.0. The van der Waals surface area contributed by atoms with E-state index in [1.165, 1.54) is 18.2 Å². The van der Waals surface area contributed by atoms with Gasteiger partial charge in [-0.05, 0) is 66.9 Å². The third-order valence-electron chi connectivity index (χ3n) is 5.15. The highest BCUT2D eigenvalue weighted by molar-refractivity contribution is 5.42. The molecule has 0 saturated heterocycles. The summed E-state index contributed by atoms with van der Waals surface area (Å²) in [5, 5.41) is 11.8. The molecule has 2 unspecified atom stereocenters. The SMILES string of the molecule is Cc1cc(C)cc(Oc2cccc(C(NCC(O)C(F)(F)F)c3ccc(C(F)(F)F)cc3F)c2)c1. The van der Waals surface area contributed by atoms with Crippen LogP contribution in [-0.2, 0) is 6.18 Å². The summed E-state index contributed by atoms with van der Waals surface area (Å²) in [7, 11) is 0. The number of hydrogen-bond donors (Lipinski definition) is 2. The van der Waals surface area contributed by atoms with E-state index in [0.717, 1.165) is 17.2 Å². The monoisotopic (exact) mass is 501 g/mol. The number of benzene rings is 3. The lowest BCUT2D eigenvalue weighted by Gasteiger charge is -2.24. The molecule has 0 aliphatic rings. The topological polar surface area (TPSA) is 41.5 Å². The van der Waals surface area contributed by atoms with E-state index in [0.29, 0.717) is 11.8 Å². The highest BCUT2D eigenvalue weighted by Gasteiger charge is 2.38. The van der Waals surface area contributed by atoms with Crippen LogP contribution in [0.2, 0.25) is 0 Å². The van der Waals surface area contributed by atoms with Gasteiger partial charge >= 0.3 is 12.4 Å². The van der Waals surface area contributed by atoms with E-state index in [2.05, 4.69) is 5.32 Å². The van der Waals surface area contributed by atoms with E-state index in [4.69, 9.17) is 4.74 Å². The van der Waals surface area contributed by atoms with Gasteiger partial charge in [0, 0.05) is 12.1 Å². The van der Waals surface area contributed by atoms with Crippen molar-refractivity contribution in [3.63, 3.8) is 0 Å². The molecule has 35 heavy (non-hydrogen) atoms. The first-order valence-corrected chi connectivity index (χ1v) is 10.4. The molecule has 0 saturated carbocycles. The van der Waals surface area contributed by atoms with Crippen LogP contribution in [0.5, 0.6) is 11.5 Å². The second-order valence-electron chi connectivity index (χ2n) is 8.13. The lowest BCUT2D eigenvalue weighted by molar-refractivity contribution is -0.202. The van der Waals surface area contributed by atoms with Crippen LogP contribution in [0.1, 0.15) is 33.9 Å². The van der Waals surface area contributed by atoms with E-state index in [1.54, 1.807) is 18.2 Å². The average molecular weight is 501 g/mol. The Hall–Kier alpha value is -3.11. The van der Waals surface area contributed by atoms with Gasteiger partial charge in [0.05, 0.1) is 11.6 Å². The molecule has 0 amide bonds. The van der Waals surface area contributed by atoms with Crippen molar-refractivity contribution in [1.82, 2.24) is 5.32 Å². The molecule has 10 heteroatoms. The van der Waals surface area contributed by atoms with Gasteiger partial charge < -0.3 is 15.2 Å². The smallest absolute Gasteiger partial charge is 0.416 e. The number of halogens is 7. The van der Waals surface area contributed by atoms with Crippen molar-refractivity contribution in [2.24, 2.45) is 0 Å². The predicted octanol–water partition coefficient (Wildman–Crippen LogP) is 6.86. The Morgan fingerprint density at radius 2 is 1.51 bits per heavy atom. The van der Waals surface area contributed by atoms with Gasteiger partial charge in [-0.3, -0.25) is 0 Å². The minimum atomic E-state index is -4.94. The van der Waals surface area contributed by atoms with Gasteiger partial charge in [0.15, 0.2) is 6.10 Å². The lowest BCUT2D eigenvalue weighted by Crippen LogP contribution is -2.40. The van der Waals surface area contributed by atoms with Crippen LogP contribution < -0.4 is 10.1 Å². The van der Waals surface area contributed by atoms with Crippen molar-refractivity contribution in [2.75, 3.05) is 6.54 Å².